The average molecular weight is 355 g/mol. The molecule has 8 heteroatoms. The maximum absolute atomic E-state index is 11.9. The summed E-state index contributed by atoms with van der Waals surface area (Å²) in [5, 5.41) is 13.9. The first-order chi connectivity index (χ1) is 10.4. The number of aromatic nitrogens is 2. The van der Waals surface area contributed by atoms with Crippen molar-refractivity contribution in [1.29, 1.82) is 0 Å². The normalized spacial score (nSPS) is 9.83. The first kappa shape index (κ1) is 20.3. The summed E-state index contributed by atoms with van der Waals surface area (Å²) in [7, 11) is 0. The summed E-state index contributed by atoms with van der Waals surface area (Å²) in [5.41, 5.74) is 2.12. The van der Waals surface area contributed by atoms with Crippen molar-refractivity contribution in [3.8, 4) is 0 Å². The predicted octanol–water partition coefficient (Wildman–Crippen LogP) is -1.81. The number of rotatable bonds is 5. The van der Waals surface area contributed by atoms with Crippen molar-refractivity contribution in [3.63, 3.8) is 0 Å². The van der Waals surface area contributed by atoms with Crippen LogP contribution in [0.15, 0.2) is 35.5 Å². The Hall–Kier alpha value is -0.774. The van der Waals surface area contributed by atoms with Crippen LogP contribution in [0.25, 0.3) is 0 Å². The van der Waals surface area contributed by atoms with Crippen molar-refractivity contribution in [3.05, 3.63) is 47.3 Å². The molecule has 0 spiro atoms. The summed E-state index contributed by atoms with van der Waals surface area (Å²) in [6.45, 7) is 3.73. The molecule has 0 saturated heterocycles. The molecule has 0 aliphatic rings. The second-order valence-corrected chi connectivity index (χ2v) is 5.58. The smallest absolute Gasteiger partial charge is 0.545 e. The van der Waals surface area contributed by atoms with Gasteiger partial charge in [0.15, 0.2) is 5.16 Å². The van der Waals surface area contributed by atoms with Crippen LogP contribution in [0, 0.1) is 13.8 Å². The SMILES string of the molecule is Cc1cc(C)nc(SCC(=O)Nc2cccc(C(=O)[O-])c2)n1.[K+]. The van der Waals surface area contributed by atoms with Gasteiger partial charge in [0.1, 0.15) is 0 Å². The summed E-state index contributed by atoms with van der Waals surface area (Å²) >= 11 is 1.22. The van der Waals surface area contributed by atoms with E-state index in [1.165, 1.54) is 23.9 Å². The van der Waals surface area contributed by atoms with E-state index in [4.69, 9.17) is 0 Å². The fraction of sp³-hybridized carbons (Fsp3) is 0.200. The quantitative estimate of drug-likeness (QED) is 0.386. The molecule has 0 bridgehead atoms. The maximum Gasteiger partial charge on any atom is 1.00 e. The second kappa shape index (κ2) is 9.50. The minimum absolute atomic E-state index is 0. The molecule has 6 nitrogen and oxygen atoms in total. The van der Waals surface area contributed by atoms with E-state index >= 15 is 0 Å². The van der Waals surface area contributed by atoms with Gasteiger partial charge in [-0.2, -0.15) is 0 Å². The van der Waals surface area contributed by atoms with Crippen LogP contribution in [-0.4, -0.2) is 27.6 Å². The van der Waals surface area contributed by atoms with Crippen LogP contribution in [0.3, 0.4) is 0 Å². The Morgan fingerprint density at radius 1 is 1.17 bits per heavy atom. The van der Waals surface area contributed by atoms with Gasteiger partial charge in [-0.15, -0.1) is 0 Å². The van der Waals surface area contributed by atoms with E-state index in [1.807, 2.05) is 19.9 Å². The van der Waals surface area contributed by atoms with Gasteiger partial charge in [-0.25, -0.2) is 9.97 Å². The molecule has 0 aliphatic carbocycles. The largest absolute Gasteiger partial charge is 1.00 e. The van der Waals surface area contributed by atoms with Crippen LogP contribution in [0.2, 0.25) is 0 Å². The van der Waals surface area contributed by atoms with Crippen molar-refractivity contribution in [2.24, 2.45) is 0 Å². The van der Waals surface area contributed by atoms with Gasteiger partial charge < -0.3 is 15.2 Å². The number of hydrogen-bond donors (Lipinski definition) is 1. The summed E-state index contributed by atoms with van der Waals surface area (Å²) in [6, 6.07) is 7.77. The Labute approximate surface area is 180 Å². The molecule has 2 aromatic rings. The average Bonchev–Trinajstić information content (AvgIpc) is 2.44. The monoisotopic (exact) mass is 355 g/mol. The summed E-state index contributed by atoms with van der Waals surface area (Å²) < 4.78 is 0. The van der Waals surface area contributed by atoms with Gasteiger partial charge in [-0.05, 0) is 37.6 Å². The molecular weight excluding hydrogens is 341 g/mol. The molecule has 114 valence electrons. The van der Waals surface area contributed by atoms with Crippen molar-refractivity contribution in [2.75, 3.05) is 11.1 Å². The number of amides is 1. The molecule has 1 amide bonds. The summed E-state index contributed by atoms with van der Waals surface area (Å²) in [5.74, 6) is -1.41. The van der Waals surface area contributed by atoms with Gasteiger partial charge >= 0.3 is 51.4 Å². The van der Waals surface area contributed by atoms with Gasteiger partial charge in [0, 0.05) is 17.1 Å². The molecule has 1 heterocycles. The van der Waals surface area contributed by atoms with Crippen LogP contribution in [0.4, 0.5) is 5.69 Å². The number of benzene rings is 1. The van der Waals surface area contributed by atoms with Gasteiger partial charge in [-0.3, -0.25) is 4.79 Å². The van der Waals surface area contributed by atoms with Crippen LogP contribution in [-0.2, 0) is 4.79 Å². The number of aromatic carboxylic acids is 1. The first-order valence-corrected chi connectivity index (χ1v) is 7.49. The molecule has 0 saturated carbocycles. The summed E-state index contributed by atoms with van der Waals surface area (Å²) in [4.78, 5) is 31.1. The Balaban J connectivity index is 0.00000264. The standard InChI is InChI=1S/C15H15N3O3S.K/c1-9-6-10(2)17-15(16-9)22-8-13(19)18-12-5-3-4-11(7-12)14(20)21;/h3-7H,8H2,1-2H3,(H,18,19)(H,20,21);/q;+1/p-1. The molecule has 0 fully saturated rings. The van der Waals surface area contributed by atoms with E-state index in [-0.39, 0.29) is 68.6 Å². The third-order valence-electron chi connectivity index (χ3n) is 2.68. The maximum atomic E-state index is 11.9. The van der Waals surface area contributed by atoms with Gasteiger partial charge in [-0.1, -0.05) is 23.9 Å². The zero-order chi connectivity index (χ0) is 16.1. The molecule has 0 aliphatic heterocycles. The number of aryl methyl sites for hydroxylation is 2. The van der Waals surface area contributed by atoms with Crippen molar-refractivity contribution in [2.45, 2.75) is 19.0 Å². The van der Waals surface area contributed by atoms with E-state index in [0.29, 0.717) is 10.8 Å². The number of nitrogens with zero attached hydrogens (tertiary/aromatic N) is 2. The Bertz CT molecular complexity index is 705. The Morgan fingerprint density at radius 3 is 2.43 bits per heavy atom. The van der Waals surface area contributed by atoms with Gasteiger partial charge in [0.05, 0.1) is 11.7 Å². The molecule has 0 unspecified atom stereocenters. The first-order valence-electron chi connectivity index (χ1n) is 6.50. The van der Waals surface area contributed by atoms with E-state index < -0.39 is 5.97 Å². The third kappa shape index (κ3) is 6.70. The number of carboxylic acids is 1. The zero-order valence-electron chi connectivity index (χ0n) is 13.1. The minimum atomic E-state index is -1.28. The van der Waals surface area contributed by atoms with Crippen LogP contribution in [0.1, 0.15) is 21.7 Å². The van der Waals surface area contributed by atoms with Crippen LogP contribution < -0.4 is 61.8 Å². The molecule has 0 atom stereocenters. The van der Waals surface area contributed by atoms with E-state index in [0.717, 1.165) is 11.4 Å². The van der Waals surface area contributed by atoms with Crippen LogP contribution in [0.5, 0.6) is 0 Å². The Morgan fingerprint density at radius 2 is 1.83 bits per heavy atom. The van der Waals surface area contributed by atoms with Crippen molar-refractivity contribution in [1.82, 2.24) is 9.97 Å². The zero-order valence-corrected chi connectivity index (χ0v) is 17.1. The number of nitrogens with one attached hydrogen (secondary N) is 1. The number of carbonyl (C=O) groups excluding carboxylic acids is 2. The number of carbonyl (C=O) groups is 2. The minimum Gasteiger partial charge on any atom is -0.545 e. The van der Waals surface area contributed by atoms with Crippen LogP contribution >= 0.6 is 11.8 Å². The summed E-state index contributed by atoms with van der Waals surface area (Å²) in [6.07, 6.45) is 0. The topological polar surface area (TPSA) is 95.0 Å². The molecule has 23 heavy (non-hydrogen) atoms. The van der Waals surface area contributed by atoms with E-state index in [9.17, 15) is 14.7 Å². The van der Waals surface area contributed by atoms with Crippen molar-refractivity contribution >= 4 is 29.3 Å². The number of hydrogen-bond acceptors (Lipinski definition) is 6. The van der Waals surface area contributed by atoms with E-state index in [1.54, 1.807) is 12.1 Å². The van der Waals surface area contributed by atoms with Gasteiger partial charge in [0.2, 0.25) is 5.91 Å². The predicted molar refractivity (Wildman–Crippen MR) is 81.6 cm³/mol. The number of anilines is 1. The van der Waals surface area contributed by atoms with Gasteiger partial charge in [0.25, 0.3) is 0 Å². The fourth-order valence-corrected chi connectivity index (χ4v) is 2.56. The third-order valence-corrected chi connectivity index (χ3v) is 3.52. The molecule has 1 N–H and O–H groups in total. The molecule has 1 aromatic heterocycles. The molecule has 0 radical (unpaired) electrons. The second-order valence-electron chi connectivity index (χ2n) is 4.64. The molecule has 2 rings (SSSR count). The Kier molecular flexibility index (Phi) is 8.38. The number of thioether (sulfide) groups is 1. The van der Waals surface area contributed by atoms with Crippen molar-refractivity contribution < 1.29 is 66.1 Å². The fourth-order valence-electron chi connectivity index (χ4n) is 1.81. The van der Waals surface area contributed by atoms with E-state index in [2.05, 4.69) is 15.3 Å². The molecular formula is C15H14KN3O3S. The molecule has 1 aromatic carbocycles. The number of carboxylic acid groups (broad SMARTS) is 1.